The summed E-state index contributed by atoms with van der Waals surface area (Å²) in [5.74, 6) is 5.12. The van der Waals surface area contributed by atoms with Gasteiger partial charge in [0.05, 0.1) is 15.7 Å². The molecule has 3 nitrogen and oxygen atoms in total. The van der Waals surface area contributed by atoms with E-state index in [0.717, 1.165) is 23.4 Å². The minimum absolute atomic E-state index is 0.432. The highest BCUT2D eigenvalue weighted by molar-refractivity contribution is 6.32. The van der Waals surface area contributed by atoms with Crippen LogP contribution in [0.25, 0.3) is 0 Å². The van der Waals surface area contributed by atoms with Crippen molar-refractivity contribution in [3.63, 3.8) is 0 Å². The number of nitrogens with zero attached hydrogens (tertiary/aromatic N) is 2. The van der Waals surface area contributed by atoms with Gasteiger partial charge in [-0.25, -0.2) is 0 Å². The topological polar surface area (TPSA) is 35.0 Å². The van der Waals surface area contributed by atoms with Gasteiger partial charge in [0, 0.05) is 18.6 Å². The minimum Gasteiger partial charge on any atom is -0.486 e. The third-order valence-corrected chi connectivity index (χ3v) is 10.7. The lowest BCUT2D eigenvalue weighted by Crippen LogP contribution is -2.12. The second-order valence-electron chi connectivity index (χ2n) is 16.4. The predicted octanol–water partition coefficient (Wildman–Crippen LogP) is 16.5. The number of hydrogen-bond acceptors (Lipinski definition) is 3. The number of benzene rings is 2. The monoisotopic (exact) mass is 787 g/mol. The molecule has 0 unspecified atom stereocenters. The van der Waals surface area contributed by atoms with Gasteiger partial charge in [-0.15, -0.1) is 0 Å². The molecule has 2 aliphatic rings. The van der Waals surface area contributed by atoms with E-state index < -0.39 is 0 Å². The Morgan fingerprint density at radius 2 is 1.29 bits per heavy atom. The third kappa shape index (κ3) is 20.6. The van der Waals surface area contributed by atoms with E-state index in [1.165, 1.54) is 74.5 Å². The maximum atomic E-state index is 6.19. The molecule has 1 fully saturated rings. The van der Waals surface area contributed by atoms with Crippen LogP contribution in [0.3, 0.4) is 0 Å². The fourth-order valence-corrected chi connectivity index (χ4v) is 6.82. The first-order chi connectivity index (χ1) is 26.3. The van der Waals surface area contributed by atoms with Crippen LogP contribution in [-0.2, 0) is 6.61 Å². The fraction of sp³-hybridized carbons (Fsp3) is 0.520. The SMILES string of the molecule is CC(C)C1=CCCCC1.CC(C)C1CCCCC1.CC(C)c1ccc(OCc2ccccn2)c(Cl)c1.CC(C)c1ccccc1.CC(C)c1cncc(Cl)c1. The van der Waals surface area contributed by atoms with Crippen molar-refractivity contribution < 1.29 is 4.74 Å². The number of allylic oxidation sites excluding steroid dienone is 2. The molecule has 302 valence electrons. The van der Waals surface area contributed by atoms with Gasteiger partial charge in [0.2, 0.25) is 0 Å². The first kappa shape index (κ1) is 48.0. The molecule has 2 aromatic carbocycles. The smallest absolute Gasteiger partial charge is 0.138 e. The van der Waals surface area contributed by atoms with Gasteiger partial charge in [-0.3, -0.25) is 9.97 Å². The number of halogens is 2. The van der Waals surface area contributed by atoms with Crippen LogP contribution in [0.4, 0.5) is 0 Å². The second-order valence-corrected chi connectivity index (χ2v) is 17.3. The first-order valence-corrected chi connectivity index (χ1v) is 21.7. The minimum atomic E-state index is 0.432. The highest BCUT2D eigenvalue weighted by Crippen LogP contribution is 2.30. The summed E-state index contributed by atoms with van der Waals surface area (Å²) < 4.78 is 5.66. The second kappa shape index (κ2) is 27.5. The molecule has 5 heteroatoms. The Hall–Kier alpha value is -3.14. The van der Waals surface area contributed by atoms with Crippen molar-refractivity contribution in [2.75, 3.05) is 0 Å². The van der Waals surface area contributed by atoms with E-state index in [0.29, 0.717) is 40.2 Å². The molecule has 0 saturated heterocycles. The van der Waals surface area contributed by atoms with Gasteiger partial charge in [-0.1, -0.05) is 179 Å². The average molecular weight is 788 g/mol. The summed E-state index contributed by atoms with van der Waals surface area (Å²) >= 11 is 11.9. The van der Waals surface area contributed by atoms with Gasteiger partial charge in [-0.2, -0.15) is 0 Å². The van der Waals surface area contributed by atoms with E-state index in [2.05, 4.69) is 110 Å². The maximum Gasteiger partial charge on any atom is 0.138 e. The van der Waals surface area contributed by atoms with Gasteiger partial charge in [0.25, 0.3) is 0 Å². The van der Waals surface area contributed by atoms with E-state index in [4.69, 9.17) is 27.9 Å². The lowest BCUT2D eigenvalue weighted by molar-refractivity contribution is 0.279. The Kier molecular flexibility index (Phi) is 24.0. The summed E-state index contributed by atoms with van der Waals surface area (Å²) in [6.07, 6.45) is 20.6. The van der Waals surface area contributed by atoms with Crippen LogP contribution < -0.4 is 4.74 Å². The van der Waals surface area contributed by atoms with E-state index >= 15 is 0 Å². The lowest BCUT2D eigenvalue weighted by Gasteiger charge is -2.24. The van der Waals surface area contributed by atoms with E-state index in [9.17, 15) is 0 Å². The summed E-state index contributed by atoms with van der Waals surface area (Å²) in [6, 6.07) is 24.1. The van der Waals surface area contributed by atoms with Gasteiger partial charge in [-0.05, 0) is 108 Å². The molecule has 0 radical (unpaired) electrons. The Morgan fingerprint density at radius 3 is 1.73 bits per heavy atom. The number of ether oxygens (including phenoxy) is 1. The van der Waals surface area contributed by atoms with E-state index in [1.807, 2.05) is 54.7 Å². The highest BCUT2D eigenvalue weighted by atomic mass is 35.5. The van der Waals surface area contributed by atoms with E-state index in [1.54, 1.807) is 18.0 Å². The van der Waals surface area contributed by atoms with Gasteiger partial charge in [0.15, 0.2) is 0 Å². The largest absolute Gasteiger partial charge is 0.486 e. The molecule has 0 spiro atoms. The van der Waals surface area contributed by atoms with Gasteiger partial charge < -0.3 is 4.74 Å². The van der Waals surface area contributed by atoms with Crippen molar-refractivity contribution in [2.45, 2.75) is 151 Å². The standard InChI is InChI=1S/C15H16ClNO.C9H18.C9H16.C9H12.C8H10ClN/c1-11(2)12-6-7-15(14(16)9-12)18-10-13-5-3-4-8-17-13;3*1-8(2)9-6-4-3-5-7-9;1-6(2)7-3-8(9)5-10-4-7/h3-9,11H,10H2,1-2H3;8-9H,3-7H2,1-2H3;6,8H,3-5,7H2,1-2H3;3-8H,1-2H3;3-6H,1-2H3. The van der Waals surface area contributed by atoms with Crippen LogP contribution in [0.2, 0.25) is 10.0 Å². The molecule has 0 aliphatic heterocycles. The van der Waals surface area contributed by atoms with Crippen molar-refractivity contribution in [1.29, 1.82) is 0 Å². The van der Waals surface area contributed by atoms with Crippen molar-refractivity contribution in [3.8, 4) is 5.75 Å². The first-order valence-electron chi connectivity index (χ1n) is 20.9. The Labute approximate surface area is 346 Å². The molecule has 0 bridgehead atoms. The molecule has 0 amide bonds. The summed E-state index contributed by atoms with van der Waals surface area (Å²) in [5.41, 5.74) is 6.39. The van der Waals surface area contributed by atoms with Crippen LogP contribution >= 0.6 is 23.2 Å². The Balaban J connectivity index is 0.000000247. The van der Waals surface area contributed by atoms with Gasteiger partial charge >= 0.3 is 0 Å². The molecule has 2 heterocycles. The third-order valence-electron chi connectivity index (χ3n) is 10.2. The van der Waals surface area contributed by atoms with Gasteiger partial charge in [0.1, 0.15) is 12.4 Å². The Bertz CT molecular complexity index is 1590. The normalized spacial score (nSPS) is 14.1. The molecule has 6 rings (SSSR count). The highest BCUT2D eigenvalue weighted by Gasteiger charge is 2.15. The molecule has 2 aliphatic carbocycles. The van der Waals surface area contributed by atoms with Crippen LogP contribution in [0.1, 0.15) is 167 Å². The summed E-state index contributed by atoms with van der Waals surface area (Å²) in [4.78, 5) is 8.17. The molecule has 55 heavy (non-hydrogen) atoms. The van der Waals surface area contributed by atoms with Crippen molar-refractivity contribution in [1.82, 2.24) is 9.97 Å². The quantitative estimate of drug-likeness (QED) is 0.167. The van der Waals surface area contributed by atoms with Crippen LogP contribution in [0.15, 0.2) is 103 Å². The summed E-state index contributed by atoms with van der Waals surface area (Å²) in [5, 5.41) is 1.36. The van der Waals surface area contributed by atoms with Crippen molar-refractivity contribution in [3.05, 3.63) is 135 Å². The van der Waals surface area contributed by atoms with E-state index in [-0.39, 0.29) is 0 Å². The van der Waals surface area contributed by atoms with Crippen LogP contribution in [-0.4, -0.2) is 9.97 Å². The zero-order valence-electron chi connectivity index (χ0n) is 35.8. The summed E-state index contributed by atoms with van der Waals surface area (Å²) in [6.45, 7) is 22.6. The van der Waals surface area contributed by atoms with Crippen LogP contribution in [0.5, 0.6) is 5.75 Å². The summed E-state index contributed by atoms with van der Waals surface area (Å²) in [7, 11) is 0. The molecular formula is C50H72Cl2N2O. The molecule has 2 aromatic heterocycles. The molecule has 1 saturated carbocycles. The van der Waals surface area contributed by atoms with Crippen molar-refractivity contribution >= 4 is 23.2 Å². The van der Waals surface area contributed by atoms with Crippen molar-refractivity contribution in [2.24, 2.45) is 17.8 Å². The fourth-order valence-electron chi connectivity index (χ4n) is 6.40. The Morgan fingerprint density at radius 1 is 0.636 bits per heavy atom. The van der Waals surface area contributed by atoms with Crippen LogP contribution in [0, 0.1) is 17.8 Å². The maximum absolute atomic E-state index is 6.19. The predicted molar refractivity (Wildman–Crippen MR) is 241 cm³/mol. The molecule has 0 atom stereocenters. The lowest BCUT2D eigenvalue weighted by atomic mass is 9.82. The number of aromatic nitrogens is 2. The zero-order chi connectivity index (χ0) is 40.6. The number of rotatable bonds is 8. The molecular weight excluding hydrogens is 715 g/mol. The number of pyridine rings is 2. The average Bonchev–Trinajstić information content (AvgIpc) is 3.20. The molecule has 0 N–H and O–H groups in total. The zero-order valence-corrected chi connectivity index (χ0v) is 37.3. The number of hydrogen-bond donors (Lipinski definition) is 0. The molecule has 4 aromatic rings.